The summed E-state index contributed by atoms with van der Waals surface area (Å²) in [6.07, 6.45) is 5.70. The maximum atomic E-state index is 12.8. The molecule has 1 atom stereocenters. The molecular weight excluding hydrogens is 243 g/mol. The third-order valence-corrected chi connectivity index (χ3v) is 4.38. The molecule has 1 saturated heterocycles. The molecule has 3 nitrogen and oxygen atoms in total. The summed E-state index contributed by atoms with van der Waals surface area (Å²) in [7, 11) is 0. The number of halogens is 1. The second-order valence-corrected chi connectivity index (χ2v) is 5.73. The second kappa shape index (κ2) is 4.93. The van der Waals surface area contributed by atoms with Crippen molar-refractivity contribution >= 4 is 5.91 Å². The van der Waals surface area contributed by atoms with Gasteiger partial charge in [-0.2, -0.15) is 0 Å². The van der Waals surface area contributed by atoms with Crippen molar-refractivity contribution < 1.29 is 9.18 Å². The van der Waals surface area contributed by atoms with E-state index in [0.29, 0.717) is 5.56 Å². The molecule has 1 unspecified atom stereocenters. The van der Waals surface area contributed by atoms with Crippen LogP contribution in [0.4, 0.5) is 4.39 Å². The van der Waals surface area contributed by atoms with E-state index in [-0.39, 0.29) is 23.3 Å². The molecule has 0 radical (unpaired) electrons. The van der Waals surface area contributed by atoms with Crippen molar-refractivity contribution in [3.8, 4) is 0 Å². The molecule has 4 heteroatoms. The lowest BCUT2D eigenvalue weighted by Gasteiger charge is -2.48. The number of nitrogens with one attached hydrogen (secondary N) is 2. The summed E-state index contributed by atoms with van der Waals surface area (Å²) in [4.78, 5) is 12.1. The van der Waals surface area contributed by atoms with E-state index in [0.717, 1.165) is 19.4 Å². The Hall–Kier alpha value is -1.42. The third kappa shape index (κ3) is 2.63. The van der Waals surface area contributed by atoms with Crippen LogP contribution in [0.25, 0.3) is 0 Å². The molecule has 2 aliphatic rings. The van der Waals surface area contributed by atoms with Gasteiger partial charge in [-0.1, -0.05) is 0 Å². The van der Waals surface area contributed by atoms with Crippen molar-refractivity contribution in [2.75, 3.05) is 6.54 Å². The summed E-state index contributed by atoms with van der Waals surface area (Å²) in [6, 6.07) is 5.95. The zero-order chi connectivity index (χ0) is 13.3. The monoisotopic (exact) mass is 262 g/mol. The Kier molecular flexibility index (Phi) is 3.27. The molecule has 1 aliphatic carbocycles. The first-order chi connectivity index (χ1) is 9.17. The van der Waals surface area contributed by atoms with Crippen LogP contribution in [0.2, 0.25) is 0 Å². The van der Waals surface area contributed by atoms with Gasteiger partial charge in [0.1, 0.15) is 5.82 Å². The first-order valence-electron chi connectivity index (χ1n) is 6.98. The quantitative estimate of drug-likeness (QED) is 0.858. The average Bonchev–Trinajstić information content (AvgIpc) is 2.38. The molecule has 1 aromatic carbocycles. The summed E-state index contributed by atoms with van der Waals surface area (Å²) in [5.41, 5.74) is 0.807. The highest BCUT2D eigenvalue weighted by atomic mass is 19.1. The van der Waals surface area contributed by atoms with Crippen LogP contribution in [-0.2, 0) is 0 Å². The van der Waals surface area contributed by atoms with Gasteiger partial charge in [0.2, 0.25) is 0 Å². The highest BCUT2D eigenvalue weighted by Gasteiger charge is 2.41. The van der Waals surface area contributed by atoms with Gasteiger partial charge in [-0.15, -0.1) is 0 Å². The molecule has 2 fully saturated rings. The van der Waals surface area contributed by atoms with Crippen LogP contribution in [0.5, 0.6) is 0 Å². The van der Waals surface area contributed by atoms with E-state index >= 15 is 0 Å². The maximum Gasteiger partial charge on any atom is 0.251 e. The lowest BCUT2D eigenvalue weighted by molar-refractivity contribution is 0.0853. The third-order valence-electron chi connectivity index (χ3n) is 4.38. The Morgan fingerprint density at radius 2 is 2.05 bits per heavy atom. The van der Waals surface area contributed by atoms with Gasteiger partial charge in [0, 0.05) is 17.1 Å². The summed E-state index contributed by atoms with van der Waals surface area (Å²) in [6.45, 7) is 0.967. The summed E-state index contributed by atoms with van der Waals surface area (Å²) in [5.74, 6) is -0.409. The topological polar surface area (TPSA) is 41.1 Å². The number of benzene rings is 1. The van der Waals surface area contributed by atoms with E-state index in [9.17, 15) is 9.18 Å². The van der Waals surface area contributed by atoms with Gasteiger partial charge in [0.05, 0.1) is 0 Å². The van der Waals surface area contributed by atoms with Crippen LogP contribution in [0.1, 0.15) is 42.5 Å². The largest absolute Gasteiger partial charge is 0.349 e. The minimum Gasteiger partial charge on any atom is -0.349 e. The Morgan fingerprint density at radius 3 is 2.68 bits per heavy atom. The number of carbonyl (C=O) groups is 1. The average molecular weight is 262 g/mol. The van der Waals surface area contributed by atoms with E-state index < -0.39 is 0 Å². The Balaban J connectivity index is 1.61. The standard InChI is InChI=1S/C15H19FN2O/c16-12-4-2-11(3-5-12)14(19)18-13-6-9-17-15(10-13)7-1-8-15/h2-5,13,17H,1,6-10H2,(H,18,19). The first kappa shape index (κ1) is 12.6. The zero-order valence-corrected chi connectivity index (χ0v) is 10.9. The Bertz CT molecular complexity index is 468. The van der Waals surface area contributed by atoms with Crippen molar-refractivity contribution in [1.29, 1.82) is 0 Å². The van der Waals surface area contributed by atoms with Crippen molar-refractivity contribution in [3.63, 3.8) is 0 Å². The lowest BCUT2D eigenvalue weighted by Crippen LogP contribution is -2.59. The Labute approximate surface area is 112 Å². The van der Waals surface area contributed by atoms with Crippen LogP contribution >= 0.6 is 0 Å². The van der Waals surface area contributed by atoms with Crippen molar-refractivity contribution in [2.45, 2.75) is 43.7 Å². The SMILES string of the molecule is O=C(NC1CCNC2(CCC2)C1)c1ccc(F)cc1. The molecule has 3 rings (SSSR count). The van der Waals surface area contributed by atoms with E-state index in [1.807, 2.05) is 0 Å². The van der Waals surface area contributed by atoms with Crippen LogP contribution in [0, 0.1) is 5.82 Å². The van der Waals surface area contributed by atoms with E-state index in [1.54, 1.807) is 0 Å². The normalized spacial score (nSPS) is 24.8. The van der Waals surface area contributed by atoms with Crippen LogP contribution in [0.3, 0.4) is 0 Å². The highest BCUT2D eigenvalue weighted by Crippen LogP contribution is 2.38. The lowest BCUT2D eigenvalue weighted by atomic mass is 9.70. The van der Waals surface area contributed by atoms with Gasteiger partial charge in [-0.25, -0.2) is 4.39 Å². The highest BCUT2D eigenvalue weighted by molar-refractivity contribution is 5.94. The molecule has 0 aromatic heterocycles. The van der Waals surface area contributed by atoms with Crippen LogP contribution < -0.4 is 10.6 Å². The summed E-state index contributed by atoms with van der Waals surface area (Å²) in [5, 5.41) is 6.66. The van der Waals surface area contributed by atoms with E-state index in [1.165, 1.54) is 43.5 Å². The molecule has 102 valence electrons. The van der Waals surface area contributed by atoms with Gasteiger partial charge in [0.15, 0.2) is 0 Å². The molecule has 1 saturated carbocycles. The van der Waals surface area contributed by atoms with Gasteiger partial charge in [-0.05, 0) is 62.9 Å². The Morgan fingerprint density at radius 1 is 1.32 bits per heavy atom. The molecule has 1 amide bonds. The number of piperidine rings is 1. The molecular formula is C15H19FN2O. The van der Waals surface area contributed by atoms with Crippen LogP contribution in [-0.4, -0.2) is 24.0 Å². The molecule has 1 aliphatic heterocycles. The number of hydrogen-bond donors (Lipinski definition) is 2. The van der Waals surface area contributed by atoms with Crippen molar-refractivity contribution in [3.05, 3.63) is 35.6 Å². The van der Waals surface area contributed by atoms with E-state index in [2.05, 4.69) is 10.6 Å². The smallest absolute Gasteiger partial charge is 0.251 e. The fraction of sp³-hybridized carbons (Fsp3) is 0.533. The number of rotatable bonds is 2. The van der Waals surface area contributed by atoms with Gasteiger partial charge < -0.3 is 10.6 Å². The fourth-order valence-corrected chi connectivity index (χ4v) is 3.14. The molecule has 1 aromatic rings. The van der Waals surface area contributed by atoms with Crippen molar-refractivity contribution in [2.24, 2.45) is 0 Å². The van der Waals surface area contributed by atoms with E-state index in [4.69, 9.17) is 0 Å². The minimum atomic E-state index is -0.313. The molecule has 1 spiro atoms. The van der Waals surface area contributed by atoms with Crippen LogP contribution in [0.15, 0.2) is 24.3 Å². The van der Waals surface area contributed by atoms with Gasteiger partial charge in [-0.3, -0.25) is 4.79 Å². The molecule has 2 N–H and O–H groups in total. The zero-order valence-electron chi connectivity index (χ0n) is 10.9. The summed E-state index contributed by atoms with van der Waals surface area (Å²) >= 11 is 0. The fourth-order valence-electron chi connectivity index (χ4n) is 3.14. The molecule has 19 heavy (non-hydrogen) atoms. The minimum absolute atomic E-state index is 0.0960. The van der Waals surface area contributed by atoms with Gasteiger partial charge in [0.25, 0.3) is 5.91 Å². The first-order valence-corrected chi connectivity index (χ1v) is 6.98. The number of amides is 1. The predicted octanol–water partition coefficient (Wildman–Crippen LogP) is 2.23. The molecule has 0 bridgehead atoms. The number of carbonyl (C=O) groups excluding carboxylic acids is 1. The second-order valence-electron chi connectivity index (χ2n) is 5.73. The van der Waals surface area contributed by atoms with Gasteiger partial charge >= 0.3 is 0 Å². The summed E-state index contributed by atoms with van der Waals surface area (Å²) < 4.78 is 12.8. The van der Waals surface area contributed by atoms with Crippen molar-refractivity contribution in [1.82, 2.24) is 10.6 Å². The maximum absolute atomic E-state index is 12.8. The molecule has 1 heterocycles. The number of hydrogen-bond acceptors (Lipinski definition) is 2. The predicted molar refractivity (Wildman–Crippen MR) is 71.5 cm³/mol.